The molecule has 0 bridgehead atoms. The number of hydrogen-bond donors (Lipinski definition) is 2. The van der Waals surface area contributed by atoms with E-state index in [0.29, 0.717) is 11.5 Å². The van der Waals surface area contributed by atoms with Crippen LogP contribution in [0.25, 0.3) is 0 Å². The van der Waals surface area contributed by atoms with E-state index in [4.69, 9.17) is 17.0 Å². The molecule has 1 rings (SSSR count). The molecule has 5 nitrogen and oxygen atoms in total. The lowest BCUT2D eigenvalue weighted by atomic mass is 9.90. The van der Waals surface area contributed by atoms with Crippen LogP contribution in [0.5, 0.6) is 0 Å². The maximum Gasteiger partial charge on any atom is 0.318 e. The Morgan fingerprint density at radius 1 is 1.53 bits per heavy atom. The molecule has 0 radical (unpaired) electrons. The molecule has 1 aliphatic heterocycles. The molecule has 1 heterocycles. The van der Waals surface area contributed by atoms with Crippen LogP contribution in [0.4, 0.5) is 0 Å². The van der Waals surface area contributed by atoms with E-state index in [1.165, 1.54) is 6.92 Å². The van der Waals surface area contributed by atoms with Crippen molar-refractivity contribution in [3.05, 3.63) is 0 Å². The Bertz CT molecular complexity index is 333. The van der Waals surface area contributed by atoms with E-state index < -0.39 is 11.9 Å². The highest BCUT2D eigenvalue weighted by molar-refractivity contribution is 7.80. The fourth-order valence-electron chi connectivity index (χ4n) is 2.00. The first-order valence-electron chi connectivity index (χ1n) is 5.69. The van der Waals surface area contributed by atoms with Crippen molar-refractivity contribution in [1.29, 1.82) is 0 Å². The summed E-state index contributed by atoms with van der Waals surface area (Å²) in [5.41, 5.74) is 0. The number of carbonyl (C=O) groups is 2. The molecule has 0 amide bonds. The number of Topliss-reactive ketones (excluding diaryl/α,β-unsaturated/α-hetero) is 1. The molecule has 0 unspecified atom stereocenters. The van der Waals surface area contributed by atoms with Crippen LogP contribution in [0.2, 0.25) is 0 Å². The molecule has 0 saturated carbocycles. The van der Waals surface area contributed by atoms with Gasteiger partial charge in [0.2, 0.25) is 0 Å². The van der Waals surface area contributed by atoms with E-state index in [0.717, 1.165) is 0 Å². The minimum atomic E-state index is -0.780. The molecule has 2 N–H and O–H groups in total. The molecule has 0 aromatic rings. The Morgan fingerprint density at radius 3 is 2.65 bits per heavy atom. The quantitative estimate of drug-likeness (QED) is 0.432. The highest BCUT2D eigenvalue weighted by atomic mass is 32.1. The zero-order chi connectivity index (χ0) is 13.0. The van der Waals surface area contributed by atoms with Gasteiger partial charge in [-0.2, -0.15) is 0 Å². The predicted molar refractivity (Wildman–Crippen MR) is 67.5 cm³/mol. The summed E-state index contributed by atoms with van der Waals surface area (Å²) in [5, 5.41) is 6.47. The van der Waals surface area contributed by atoms with E-state index in [9.17, 15) is 9.59 Å². The molecule has 1 saturated heterocycles. The maximum atomic E-state index is 11.8. The smallest absolute Gasteiger partial charge is 0.318 e. The molecule has 0 aromatic heterocycles. The van der Waals surface area contributed by atoms with Crippen molar-refractivity contribution in [2.75, 3.05) is 6.61 Å². The van der Waals surface area contributed by atoms with E-state index in [-0.39, 0.29) is 24.5 Å². The Morgan fingerprint density at radius 2 is 2.18 bits per heavy atom. The summed E-state index contributed by atoms with van der Waals surface area (Å²) in [6, 6.07) is -0.139. The molecular formula is C11H18N2O3S. The lowest BCUT2D eigenvalue weighted by molar-refractivity contribution is -0.152. The number of rotatable bonds is 4. The standard InChI is InChI=1S/C11H18N2O3S/c1-4-16-10(15)9(7(3)14)8-5-6(2)12-11(17)13-8/h6,8-9H,4-5H2,1-3H3,(H2,12,13,17)/t6-,8-,9-/m1/s1. The molecule has 6 heteroatoms. The SMILES string of the molecule is CCOC(=O)[C@H](C(C)=O)[C@H]1C[C@@H](C)NC(=S)N1. The highest BCUT2D eigenvalue weighted by Crippen LogP contribution is 2.16. The van der Waals surface area contributed by atoms with Gasteiger partial charge < -0.3 is 15.4 Å². The summed E-state index contributed by atoms with van der Waals surface area (Å²) >= 11 is 5.03. The fraction of sp³-hybridized carbons (Fsp3) is 0.727. The Hall–Kier alpha value is -1.17. The second kappa shape index (κ2) is 5.95. The zero-order valence-corrected chi connectivity index (χ0v) is 11.1. The molecule has 96 valence electrons. The lowest BCUT2D eigenvalue weighted by Crippen LogP contribution is -2.58. The number of esters is 1. The highest BCUT2D eigenvalue weighted by Gasteiger charge is 2.37. The predicted octanol–water partition coefficient (Wildman–Crippen LogP) is 0.380. The third-order valence-corrected chi connectivity index (χ3v) is 2.92. The van der Waals surface area contributed by atoms with Crippen LogP contribution in [0, 0.1) is 5.92 Å². The number of hydrogen-bond acceptors (Lipinski definition) is 4. The van der Waals surface area contributed by atoms with Crippen LogP contribution < -0.4 is 10.6 Å². The maximum absolute atomic E-state index is 11.8. The number of nitrogens with one attached hydrogen (secondary N) is 2. The average Bonchev–Trinajstić information content (AvgIpc) is 2.15. The lowest BCUT2D eigenvalue weighted by Gasteiger charge is -2.34. The van der Waals surface area contributed by atoms with Gasteiger partial charge in [0.05, 0.1) is 12.6 Å². The first-order valence-corrected chi connectivity index (χ1v) is 6.10. The first kappa shape index (κ1) is 13.9. The van der Waals surface area contributed by atoms with Gasteiger partial charge in [0, 0.05) is 6.04 Å². The molecule has 0 aliphatic carbocycles. The average molecular weight is 258 g/mol. The summed E-state index contributed by atoms with van der Waals surface area (Å²) in [6.45, 7) is 5.35. The normalized spacial score (nSPS) is 25.5. The number of ether oxygens (including phenoxy) is 1. The number of thiocarbonyl (C=S) groups is 1. The topological polar surface area (TPSA) is 67.4 Å². The van der Waals surface area contributed by atoms with E-state index in [1.807, 2.05) is 6.92 Å². The third-order valence-electron chi connectivity index (χ3n) is 2.68. The van der Waals surface area contributed by atoms with Gasteiger partial charge in [0.15, 0.2) is 5.11 Å². The van der Waals surface area contributed by atoms with Crippen molar-refractivity contribution >= 4 is 29.1 Å². The number of carbonyl (C=O) groups excluding carboxylic acids is 2. The Labute approximate surface area is 106 Å². The van der Waals surface area contributed by atoms with Gasteiger partial charge in [0.25, 0.3) is 0 Å². The molecule has 0 spiro atoms. The van der Waals surface area contributed by atoms with Gasteiger partial charge >= 0.3 is 5.97 Å². The number of ketones is 1. The largest absolute Gasteiger partial charge is 0.465 e. The van der Waals surface area contributed by atoms with Crippen molar-refractivity contribution < 1.29 is 14.3 Å². The van der Waals surface area contributed by atoms with Crippen LogP contribution >= 0.6 is 12.2 Å². The van der Waals surface area contributed by atoms with E-state index in [2.05, 4.69) is 10.6 Å². The fourth-order valence-corrected chi connectivity index (χ4v) is 2.35. The van der Waals surface area contributed by atoms with Crippen molar-refractivity contribution in [1.82, 2.24) is 10.6 Å². The van der Waals surface area contributed by atoms with Crippen LogP contribution in [0.3, 0.4) is 0 Å². The second-order valence-corrected chi connectivity index (χ2v) is 4.61. The Kier molecular flexibility index (Phi) is 4.86. The van der Waals surface area contributed by atoms with Crippen molar-refractivity contribution in [3.63, 3.8) is 0 Å². The molecule has 0 aromatic carbocycles. The summed E-state index contributed by atoms with van der Waals surface area (Å²) in [5.74, 6) is -1.45. The van der Waals surface area contributed by atoms with Crippen molar-refractivity contribution in [2.24, 2.45) is 5.92 Å². The van der Waals surface area contributed by atoms with Gasteiger partial charge in [0.1, 0.15) is 11.7 Å². The van der Waals surface area contributed by atoms with Crippen LogP contribution in [-0.2, 0) is 14.3 Å². The van der Waals surface area contributed by atoms with Crippen LogP contribution in [0.15, 0.2) is 0 Å². The van der Waals surface area contributed by atoms with Crippen molar-refractivity contribution in [3.8, 4) is 0 Å². The second-order valence-electron chi connectivity index (χ2n) is 4.20. The van der Waals surface area contributed by atoms with Crippen molar-refractivity contribution in [2.45, 2.75) is 39.3 Å². The van der Waals surface area contributed by atoms with Crippen LogP contribution in [0.1, 0.15) is 27.2 Å². The van der Waals surface area contributed by atoms with Gasteiger partial charge in [-0.3, -0.25) is 9.59 Å². The van der Waals surface area contributed by atoms with Gasteiger partial charge in [-0.1, -0.05) is 0 Å². The summed E-state index contributed by atoms with van der Waals surface area (Å²) < 4.78 is 4.93. The van der Waals surface area contributed by atoms with Gasteiger partial charge in [-0.05, 0) is 39.4 Å². The molecule has 1 aliphatic rings. The Balaban J connectivity index is 2.79. The minimum Gasteiger partial charge on any atom is -0.465 e. The van der Waals surface area contributed by atoms with Gasteiger partial charge in [-0.25, -0.2) is 0 Å². The molecule has 3 atom stereocenters. The first-order chi connectivity index (χ1) is 7.95. The van der Waals surface area contributed by atoms with Gasteiger partial charge in [-0.15, -0.1) is 0 Å². The molecular weight excluding hydrogens is 240 g/mol. The molecule has 1 fully saturated rings. The third kappa shape index (κ3) is 3.66. The zero-order valence-electron chi connectivity index (χ0n) is 10.3. The van der Waals surface area contributed by atoms with E-state index in [1.54, 1.807) is 6.92 Å². The summed E-state index contributed by atoms with van der Waals surface area (Å²) in [4.78, 5) is 23.3. The summed E-state index contributed by atoms with van der Waals surface area (Å²) in [6.07, 6.45) is 0.656. The molecule has 17 heavy (non-hydrogen) atoms. The van der Waals surface area contributed by atoms with Crippen LogP contribution in [-0.4, -0.2) is 35.6 Å². The summed E-state index contributed by atoms with van der Waals surface area (Å²) in [7, 11) is 0. The monoisotopic (exact) mass is 258 g/mol. The van der Waals surface area contributed by atoms with E-state index >= 15 is 0 Å². The minimum absolute atomic E-state index is 0.144.